The van der Waals surface area contributed by atoms with Crippen LogP contribution in [0.25, 0.3) is 0 Å². The Labute approximate surface area is 165 Å². The van der Waals surface area contributed by atoms with Gasteiger partial charge in [0.1, 0.15) is 12.1 Å². The Morgan fingerprint density at radius 2 is 1.64 bits per heavy atom. The molecule has 2 aromatic rings. The van der Waals surface area contributed by atoms with Crippen LogP contribution in [0.5, 0.6) is 0 Å². The van der Waals surface area contributed by atoms with E-state index in [-0.39, 0.29) is 24.4 Å². The van der Waals surface area contributed by atoms with Gasteiger partial charge in [0.2, 0.25) is 5.91 Å². The van der Waals surface area contributed by atoms with Crippen molar-refractivity contribution in [2.45, 2.75) is 31.8 Å². The molecule has 1 fully saturated rings. The summed E-state index contributed by atoms with van der Waals surface area (Å²) in [6, 6.07) is 18.1. The number of carbonyl (C=O) groups is 3. The second kappa shape index (κ2) is 7.84. The minimum absolute atomic E-state index is 0.167. The number of nitrogens with zero attached hydrogens (tertiary/aromatic N) is 2. The predicted molar refractivity (Wildman–Crippen MR) is 106 cm³/mol. The average Bonchev–Trinajstić information content (AvgIpc) is 2.99. The van der Waals surface area contributed by atoms with Crippen molar-refractivity contribution < 1.29 is 14.4 Å². The van der Waals surface area contributed by atoms with Crippen LogP contribution in [-0.2, 0) is 15.1 Å². The fourth-order valence-corrected chi connectivity index (χ4v) is 3.55. The molecule has 2 atom stereocenters. The van der Waals surface area contributed by atoms with Gasteiger partial charge in [-0.3, -0.25) is 14.5 Å². The van der Waals surface area contributed by atoms with E-state index in [1.165, 1.54) is 0 Å². The normalized spacial score (nSPS) is 20.0. The zero-order chi connectivity index (χ0) is 20.3. The van der Waals surface area contributed by atoms with Gasteiger partial charge in [-0.15, -0.1) is 0 Å². The molecule has 1 aliphatic heterocycles. The number of benzene rings is 2. The average molecular weight is 379 g/mol. The third-order valence-electron chi connectivity index (χ3n) is 5.52. The van der Waals surface area contributed by atoms with Crippen LogP contribution in [0.15, 0.2) is 60.7 Å². The molecule has 1 heterocycles. The lowest BCUT2D eigenvalue weighted by Gasteiger charge is -2.28. The smallest absolute Gasteiger partial charge is 0.325 e. The van der Waals surface area contributed by atoms with Gasteiger partial charge in [-0.25, -0.2) is 4.79 Å². The maximum Gasteiger partial charge on any atom is 0.325 e. The second-order valence-electron chi connectivity index (χ2n) is 7.04. The molecular weight excluding hydrogens is 354 g/mol. The van der Waals surface area contributed by atoms with Gasteiger partial charge in [0.05, 0.1) is 6.04 Å². The molecule has 146 valence electrons. The van der Waals surface area contributed by atoms with E-state index in [1.54, 1.807) is 11.9 Å². The molecule has 28 heavy (non-hydrogen) atoms. The topological polar surface area (TPSA) is 69.7 Å². The Hall–Kier alpha value is -3.15. The number of amides is 4. The summed E-state index contributed by atoms with van der Waals surface area (Å²) in [5.41, 5.74) is 0.585. The first-order chi connectivity index (χ1) is 13.4. The maximum atomic E-state index is 13.1. The molecule has 6 nitrogen and oxygen atoms in total. The van der Waals surface area contributed by atoms with E-state index in [2.05, 4.69) is 5.32 Å². The van der Waals surface area contributed by atoms with Crippen LogP contribution in [0.3, 0.4) is 0 Å². The molecule has 6 heteroatoms. The van der Waals surface area contributed by atoms with E-state index >= 15 is 0 Å². The Balaban J connectivity index is 1.78. The molecule has 0 bridgehead atoms. The minimum atomic E-state index is -1.12. The van der Waals surface area contributed by atoms with E-state index in [1.807, 2.05) is 74.5 Å². The van der Waals surface area contributed by atoms with Crippen LogP contribution < -0.4 is 5.32 Å². The lowest BCUT2D eigenvalue weighted by atomic mass is 9.87. The van der Waals surface area contributed by atoms with Gasteiger partial charge >= 0.3 is 6.03 Å². The van der Waals surface area contributed by atoms with Crippen LogP contribution in [-0.4, -0.2) is 41.2 Å². The van der Waals surface area contributed by atoms with Crippen molar-refractivity contribution in [3.63, 3.8) is 0 Å². The van der Waals surface area contributed by atoms with Gasteiger partial charge in [-0.1, -0.05) is 67.6 Å². The summed E-state index contributed by atoms with van der Waals surface area (Å²) in [5.74, 6) is -0.680. The van der Waals surface area contributed by atoms with Gasteiger partial charge in [-0.2, -0.15) is 0 Å². The summed E-state index contributed by atoms with van der Waals surface area (Å²) < 4.78 is 0. The molecule has 0 radical (unpaired) electrons. The van der Waals surface area contributed by atoms with Crippen molar-refractivity contribution in [2.75, 3.05) is 13.6 Å². The quantitative estimate of drug-likeness (QED) is 0.784. The molecule has 3 rings (SSSR count). The molecule has 0 aliphatic carbocycles. The van der Waals surface area contributed by atoms with Crippen molar-refractivity contribution in [1.82, 2.24) is 15.1 Å². The molecule has 0 aromatic heterocycles. The lowest BCUT2D eigenvalue weighted by molar-refractivity contribution is -0.139. The van der Waals surface area contributed by atoms with Gasteiger partial charge in [0, 0.05) is 7.05 Å². The van der Waals surface area contributed by atoms with Gasteiger partial charge in [0.25, 0.3) is 5.91 Å². The number of nitrogens with one attached hydrogen (secondary N) is 1. The third kappa shape index (κ3) is 3.38. The highest BCUT2D eigenvalue weighted by Gasteiger charge is 2.51. The number of hydrogen-bond acceptors (Lipinski definition) is 3. The molecule has 1 N–H and O–H groups in total. The zero-order valence-corrected chi connectivity index (χ0v) is 16.4. The highest BCUT2D eigenvalue weighted by molar-refractivity contribution is 6.09. The number of rotatable bonds is 6. The molecule has 2 aromatic carbocycles. The summed E-state index contributed by atoms with van der Waals surface area (Å²) in [7, 11) is 1.68. The largest absolute Gasteiger partial charge is 0.337 e. The third-order valence-corrected chi connectivity index (χ3v) is 5.52. The van der Waals surface area contributed by atoms with Crippen molar-refractivity contribution in [3.05, 3.63) is 71.8 Å². The highest BCUT2D eigenvalue weighted by Crippen LogP contribution is 2.32. The number of hydrogen-bond donors (Lipinski definition) is 1. The van der Waals surface area contributed by atoms with Crippen LogP contribution in [0.2, 0.25) is 0 Å². The number of likely N-dealkylation sites (N-methyl/N-ethyl adjacent to an activating group) is 1. The van der Waals surface area contributed by atoms with E-state index in [9.17, 15) is 14.4 Å². The molecule has 1 saturated heterocycles. The van der Waals surface area contributed by atoms with E-state index < -0.39 is 11.6 Å². The van der Waals surface area contributed by atoms with E-state index in [0.717, 1.165) is 16.0 Å². The van der Waals surface area contributed by atoms with Crippen LogP contribution in [0, 0.1) is 0 Å². The second-order valence-corrected chi connectivity index (χ2v) is 7.04. The fourth-order valence-electron chi connectivity index (χ4n) is 3.55. The van der Waals surface area contributed by atoms with Gasteiger partial charge in [0.15, 0.2) is 0 Å². The minimum Gasteiger partial charge on any atom is -0.337 e. The Kier molecular flexibility index (Phi) is 5.49. The monoisotopic (exact) mass is 379 g/mol. The van der Waals surface area contributed by atoms with E-state index in [4.69, 9.17) is 0 Å². The Morgan fingerprint density at radius 3 is 2.21 bits per heavy atom. The first-order valence-corrected chi connectivity index (χ1v) is 9.41. The Bertz CT molecular complexity index is 869. The summed E-state index contributed by atoms with van der Waals surface area (Å²) in [6.45, 7) is 3.48. The van der Waals surface area contributed by atoms with Crippen LogP contribution >= 0.6 is 0 Å². The molecule has 4 amide bonds. The van der Waals surface area contributed by atoms with Crippen molar-refractivity contribution in [2.24, 2.45) is 0 Å². The zero-order valence-electron chi connectivity index (χ0n) is 16.4. The highest BCUT2D eigenvalue weighted by atomic mass is 16.2. The van der Waals surface area contributed by atoms with Gasteiger partial charge in [-0.05, 0) is 24.5 Å². The van der Waals surface area contributed by atoms with Crippen molar-refractivity contribution in [1.29, 1.82) is 0 Å². The van der Waals surface area contributed by atoms with Crippen LogP contribution in [0.4, 0.5) is 4.79 Å². The lowest BCUT2D eigenvalue weighted by Crippen LogP contribution is -2.45. The SMILES string of the molecule is CCC1(c2ccccc2)NC(=O)N(CC(=O)N(C)C(C)c2ccccc2)C1=O. The number of urea groups is 1. The van der Waals surface area contributed by atoms with Crippen molar-refractivity contribution in [3.8, 4) is 0 Å². The molecule has 2 unspecified atom stereocenters. The summed E-state index contributed by atoms with van der Waals surface area (Å²) >= 11 is 0. The molecule has 0 saturated carbocycles. The van der Waals surface area contributed by atoms with Crippen molar-refractivity contribution >= 4 is 17.8 Å². The standard InChI is InChI=1S/C22H25N3O3/c1-4-22(18-13-9-6-10-14-18)20(27)25(21(28)23-22)15-19(26)24(3)16(2)17-11-7-5-8-12-17/h5-14,16H,4,15H2,1-3H3,(H,23,28). The molecular formula is C22H25N3O3. The Morgan fingerprint density at radius 1 is 1.07 bits per heavy atom. The fraction of sp³-hybridized carbons (Fsp3) is 0.318. The summed E-state index contributed by atoms with van der Waals surface area (Å²) in [5, 5.41) is 2.81. The first kappa shape index (κ1) is 19.6. The first-order valence-electron chi connectivity index (χ1n) is 9.41. The summed E-state index contributed by atoms with van der Waals surface area (Å²) in [4.78, 5) is 41.1. The predicted octanol–water partition coefficient (Wildman–Crippen LogP) is 3.06. The molecule has 0 spiro atoms. The number of carbonyl (C=O) groups excluding carboxylic acids is 3. The van der Waals surface area contributed by atoms with Crippen LogP contribution in [0.1, 0.15) is 37.4 Å². The number of imide groups is 1. The maximum absolute atomic E-state index is 13.1. The van der Waals surface area contributed by atoms with E-state index in [0.29, 0.717) is 6.42 Å². The van der Waals surface area contributed by atoms with Gasteiger partial charge < -0.3 is 10.2 Å². The molecule has 1 aliphatic rings. The summed E-state index contributed by atoms with van der Waals surface area (Å²) in [6.07, 6.45) is 0.405.